The number of nitrogens with zero attached hydrogens (tertiary/aromatic N) is 1. The summed E-state index contributed by atoms with van der Waals surface area (Å²) in [4.78, 5) is 9.92. The molecule has 6 nitrogen and oxygen atoms in total. The van der Waals surface area contributed by atoms with E-state index in [9.17, 15) is 25.4 Å². The lowest BCUT2D eigenvalue weighted by molar-refractivity contribution is -0.385. The number of rotatable bonds is 5. The third-order valence-corrected chi connectivity index (χ3v) is 2.77. The van der Waals surface area contributed by atoms with Crippen LogP contribution >= 0.6 is 15.9 Å². The summed E-state index contributed by atoms with van der Waals surface area (Å²) in [6.07, 6.45) is -2.18. The first-order valence-electron chi connectivity index (χ1n) is 4.86. The first-order chi connectivity index (χ1) is 7.97. The first kappa shape index (κ1) is 13.9. The minimum atomic E-state index is -1.35. The lowest BCUT2D eigenvalue weighted by atomic mass is 10.0. The fourth-order valence-corrected chi connectivity index (χ4v) is 1.84. The number of nitro benzene ring substituents is 1. The molecule has 0 saturated heterocycles. The quantitative estimate of drug-likeness (QED) is 0.434. The highest BCUT2D eigenvalue weighted by molar-refractivity contribution is 9.09. The van der Waals surface area contributed by atoms with E-state index in [4.69, 9.17) is 0 Å². The van der Waals surface area contributed by atoms with Gasteiger partial charge in [-0.3, -0.25) is 10.1 Å². The summed E-state index contributed by atoms with van der Waals surface area (Å²) in [5.74, 6) is -0.281. The van der Waals surface area contributed by atoms with E-state index in [0.29, 0.717) is 5.33 Å². The molecule has 2 atom stereocenters. The van der Waals surface area contributed by atoms with Crippen molar-refractivity contribution in [2.24, 2.45) is 0 Å². The van der Waals surface area contributed by atoms with Crippen LogP contribution in [0, 0.1) is 10.1 Å². The molecule has 0 spiro atoms. The number of aliphatic hydroxyl groups is 2. The molecule has 2 unspecified atom stereocenters. The molecule has 0 amide bonds. The third-order valence-electron chi connectivity index (χ3n) is 2.31. The zero-order valence-electron chi connectivity index (χ0n) is 8.78. The molecule has 0 aromatic heterocycles. The zero-order chi connectivity index (χ0) is 13.0. The second-order valence-corrected chi connectivity index (χ2v) is 4.28. The van der Waals surface area contributed by atoms with E-state index >= 15 is 0 Å². The topological polar surface area (TPSA) is 104 Å². The molecule has 17 heavy (non-hydrogen) atoms. The summed E-state index contributed by atoms with van der Waals surface area (Å²) in [6, 6.07) is 3.30. The van der Waals surface area contributed by atoms with Crippen molar-refractivity contribution in [2.75, 3.05) is 5.33 Å². The van der Waals surface area contributed by atoms with Gasteiger partial charge in [0.15, 0.2) is 0 Å². The molecule has 0 radical (unpaired) electrons. The number of nitro groups is 1. The van der Waals surface area contributed by atoms with Crippen LogP contribution in [0.2, 0.25) is 0 Å². The zero-order valence-corrected chi connectivity index (χ0v) is 10.4. The molecular weight excluding hydrogens is 294 g/mol. The maximum absolute atomic E-state index is 10.6. The number of halogens is 1. The second-order valence-electron chi connectivity index (χ2n) is 3.49. The summed E-state index contributed by atoms with van der Waals surface area (Å²) < 4.78 is 0. The van der Waals surface area contributed by atoms with E-state index in [1.165, 1.54) is 0 Å². The van der Waals surface area contributed by atoms with Crippen LogP contribution in [-0.4, -0.2) is 31.7 Å². The van der Waals surface area contributed by atoms with Gasteiger partial charge in [-0.25, -0.2) is 0 Å². The fraction of sp³-hybridized carbons (Fsp3) is 0.400. The van der Waals surface area contributed by atoms with Crippen molar-refractivity contribution in [1.29, 1.82) is 0 Å². The normalized spacial score (nSPS) is 14.3. The van der Waals surface area contributed by atoms with Gasteiger partial charge in [0, 0.05) is 23.0 Å². The standard InChI is InChI=1S/C10H12BrNO5/c11-4-3-9(14)10(15)7-5-6(12(16)17)1-2-8(7)13/h1-2,5,9-10,13-15H,3-4H2. The SMILES string of the molecule is O=[N+]([O-])c1ccc(O)c(C(O)C(O)CCBr)c1. The maximum Gasteiger partial charge on any atom is 0.270 e. The van der Waals surface area contributed by atoms with E-state index in [0.717, 1.165) is 18.2 Å². The summed E-state index contributed by atoms with van der Waals surface area (Å²) in [6.45, 7) is 0. The minimum Gasteiger partial charge on any atom is -0.508 e. The highest BCUT2D eigenvalue weighted by Gasteiger charge is 2.23. The van der Waals surface area contributed by atoms with E-state index in [1.54, 1.807) is 0 Å². The Kier molecular flexibility index (Phi) is 4.86. The minimum absolute atomic E-state index is 0.0485. The molecule has 1 aromatic rings. The van der Waals surface area contributed by atoms with Gasteiger partial charge in [-0.1, -0.05) is 15.9 Å². The monoisotopic (exact) mass is 305 g/mol. The number of hydrogen-bond acceptors (Lipinski definition) is 5. The second kappa shape index (κ2) is 5.95. The van der Waals surface area contributed by atoms with Crippen molar-refractivity contribution < 1.29 is 20.2 Å². The average Bonchev–Trinajstić information content (AvgIpc) is 2.28. The number of aliphatic hydroxyl groups excluding tert-OH is 2. The molecule has 0 saturated carbocycles. The Bertz CT molecular complexity index is 412. The van der Waals surface area contributed by atoms with Crippen LogP contribution in [0.15, 0.2) is 18.2 Å². The predicted molar refractivity (Wildman–Crippen MR) is 64.1 cm³/mol. The van der Waals surface area contributed by atoms with Crippen LogP contribution in [0.1, 0.15) is 18.1 Å². The molecule has 0 heterocycles. The van der Waals surface area contributed by atoms with Crippen LogP contribution < -0.4 is 0 Å². The van der Waals surface area contributed by atoms with Gasteiger partial charge in [0.25, 0.3) is 5.69 Å². The Morgan fingerprint density at radius 3 is 2.59 bits per heavy atom. The number of phenolic OH excluding ortho intramolecular Hbond substituents is 1. The van der Waals surface area contributed by atoms with Gasteiger partial charge in [0.1, 0.15) is 11.9 Å². The van der Waals surface area contributed by atoms with Crippen LogP contribution in [0.4, 0.5) is 5.69 Å². The Morgan fingerprint density at radius 1 is 1.41 bits per heavy atom. The van der Waals surface area contributed by atoms with Gasteiger partial charge in [-0.05, 0) is 12.5 Å². The summed E-state index contributed by atoms with van der Waals surface area (Å²) in [7, 11) is 0. The number of aromatic hydroxyl groups is 1. The Hall–Kier alpha value is -1.18. The highest BCUT2D eigenvalue weighted by atomic mass is 79.9. The number of alkyl halides is 1. The van der Waals surface area contributed by atoms with Crippen molar-refractivity contribution >= 4 is 21.6 Å². The van der Waals surface area contributed by atoms with E-state index in [1.807, 2.05) is 0 Å². The van der Waals surface area contributed by atoms with Gasteiger partial charge in [-0.2, -0.15) is 0 Å². The molecule has 0 aliphatic heterocycles. The molecule has 3 N–H and O–H groups in total. The van der Waals surface area contributed by atoms with E-state index < -0.39 is 17.1 Å². The third kappa shape index (κ3) is 3.39. The van der Waals surface area contributed by atoms with Gasteiger partial charge in [0.05, 0.1) is 11.0 Å². The fourth-order valence-electron chi connectivity index (χ4n) is 1.37. The van der Waals surface area contributed by atoms with Gasteiger partial charge in [-0.15, -0.1) is 0 Å². The van der Waals surface area contributed by atoms with Crippen LogP contribution in [0.3, 0.4) is 0 Å². The highest BCUT2D eigenvalue weighted by Crippen LogP contribution is 2.31. The summed E-state index contributed by atoms with van der Waals surface area (Å²) >= 11 is 3.11. The van der Waals surface area contributed by atoms with Crippen molar-refractivity contribution in [3.05, 3.63) is 33.9 Å². The first-order valence-corrected chi connectivity index (χ1v) is 5.99. The maximum atomic E-state index is 10.6. The Morgan fingerprint density at radius 2 is 2.06 bits per heavy atom. The number of non-ortho nitro benzene ring substituents is 1. The molecule has 0 aliphatic rings. The molecule has 1 aromatic carbocycles. The Balaban J connectivity index is 3.03. The molecule has 0 aliphatic carbocycles. The van der Waals surface area contributed by atoms with Crippen LogP contribution in [0.25, 0.3) is 0 Å². The van der Waals surface area contributed by atoms with Crippen molar-refractivity contribution in [3.8, 4) is 5.75 Å². The van der Waals surface area contributed by atoms with Crippen LogP contribution in [-0.2, 0) is 0 Å². The largest absolute Gasteiger partial charge is 0.508 e. The Labute approximate surface area is 106 Å². The average molecular weight is 306 g/mol. The molecule has 94 valence electrons. The predicted octanol–water partition coefficient (Wildman–Crippen LogP) is 1.48. The number of benzene rings is 1. The van der Waals surface area contributed by atoms with Gasteiger partial charge in [0.2, 0.25) is 0 Å². The van der Waals surface area contributed by atoms with Gasteiger partial charge >= 0.3 is 0 Å². The van der Waals surface area contributed by atoms with E-state index in [-0.39, 0.29) is 23.4 Å². The van der Waals surface area contributed by atoms with Crippen molar-refractivity contribution in [2.45, 2.75) is 18.6 Å². The molecule has 0 fully saturated rings. The number of phenols is 1. The molecule has 0 bridgehead atoms. The summed E-state index contributed by atoms with van der Waals surface area (Å²) in [5, 5.41) is 39.8. The summed E-state index contributed by atoms with van der Waals surface area (Å²) in [5.41, 5.74) is -0.296. The van der Waals surface area contributed by atoms with Crippen LogP contribution in [0.5, 0.6) is 5.75 Å². The molecule has 1 rings (SSSR count). The molecule has 7 heteroatoms. The van der Waals surface area contributed by atoms with Crippen molar-refractivity contribution in [3.63, 3.8) is 0 Å². The number of hydrogen-bond donors (Lipinski definition) is 3. The van der Waals surface area contributed by atoms with Crippen molar-refractivity contribution in [1.82, 2.24) is 0 Å². The smallest absolute Gasteiger partial charge is 0.270 e. The van der Waals surface area contributed by atoms with E-state index in [2.05, 4.69) is 15.9 Å². The van der Waals surface area contributed by atoms with Gasteiger partial charge < -0.3 is 15.3 Å². The molecular formula is C10H12BrNO5. The lowest BCUT2D eigenvalue weighted by Crippen LogP contribution is -2.18. The lowest BCUT2D eigenvalue weighted by Gasteiger charge is -2.17.